The van der Waals surface area contributed by atoms with E-state index in [1.807, 2.05) is 0 Å². The van der Waals surface area contributed by atoms with Crippen LogP contribution in [-0.2, 0) is 4.74 Å². The van der Waals surface area contributed by atoms with E-state index in [0.717, 1.165) is 52.0 Å². The van der Waals surface area contributed by atoms with Gasteiger partial charge in [0.2, 0.25) is 5.56 Å². The number of ether oxygens (including phenoxy) is 1. The average molecular weight is 682 g/mol. The Morgan fingerprint density at radius 1 is 0.956 bits per heavy atom. The quantitative estimate of drug-likeness (QED) is 0.247. The lowest BCUT2D eigenvalue weighted by Crippen LogP contribution is -2.50. The zero-order valence-corrected chi connectivity index (χ0v) is 26.5. The standard InChI is InChI=1S/C32H37BrN6O6/c33-20-17-24(32(42)38-11-9-21(10-12-38)37-13-15-45-16-14-37)30(28(18-20)39(43)44)35-26-7-3-4-8-27(26)36-31(41)23-19-29(40)34-25-6-2-1-5-22(23)25/h1-2,5-6,17-19,21,26-27,35H,3-4,7-16H2,(H,34,40)(H,36,41)/t26-,27+/m1/s1. The van der Waals surface area contributed by atoms with Gasteiger partial charge in [0.05, 0.1) is 29.3 Å². The molecule has 6 rings (SSSR count). The predicted octanol–water partition coefficient (Wildman–Crippen LogP) is 4.29. The number of aromatic nitrogens is 1. The second-order valence-corrected chi connectivity index (χ2v) is 12.9. The van der Waals surface area contributed by atoms with E-state index >= 15 is 0 Å². The topological polar surface area (TPSA) is 150 Å². The minimum Gasteiger partial charge on any atom is -0.379 e. The summed E-state index contributed by atoms with van der Waals surface area (Å²) in [5.41, 5.74) is 0.654. The number of para-hydroxylation sites is 1. The molecule has 0 bridgehead atoms. The largest absolute Gasteiger partial charge is 0.379 e. The van der Waals surface area contributed by atoms with Gasteiger partial charge in [-0.2, -0.15) is 0 Å². The number of pyridine rings is 1. The number of nitrogens with zero attached hydrogens (tertiary/aromatic N) is 3. The van der Waals surface area contributed by atoms with Crippen molar-refractivity contribution >= 4 is 50.0 Å². The fourth-order valence-corrected chi connectivity index (χ4v) is 7.35. The molecule has 3 aromatic rings. The number of fused-ring (bicyclic) bond motifs is 1. The molecule has 2 saturated heterocycles. The Balaban J connectivity index is 1.24. The molecule has 12 nitrogen and oxygen atoms in total. The number of likely N-dealkylation sites (tertiary alicyclic amines) is 1. The summed E-state index contributed by atoms with van der Waals surface area (Å²) in [4.78, 5) is 58.6. The molecule has 238 valence electrons. The summed E-state index contributed by atoms with van der Waals surface area (Å²) in [5, 5.41) is 19.4. The van der Waals surface area contributed by atoms with E-state index in [4.69, 9.17) is 4.74 Å². The van der Waals surface area contributed by atoms with Crippen molar-refractivity contribution < 1.29 is 19.2 Å². The van der Waals surface area contributed by atoms with Crippen molar-refractivity contribution in [3.8, 4) is 0 Å². The van der Waals surface area contributed by atoms with Crippen LogP contribution in [0, 0.1) is 10.1 Å². The number of morpholine rings is 1. The Hall–Kier alpha value is -3.81. The number of amides is 2. The number of nitrogens with one attached hydrogen (secondary N) is 3. The summed E-state index contributed by atoms with van der Waals surface area (Å²) < 4.78 is 5.93. The highest BCUT2D eigenvalue weighted by atomic mass is 79.9. The summed E-state index contributed by atoms with van der Waals surface area (Å²) in [6.45, 7) is 4.35. The van der Waals surface area contributed by atoms with E-state index in [0.29, 0.717) is 47.3 Å². The first kappa shape index (κ1) is 31.2. The van der Waals surface area contributed by atoms with Gasteiger partial charge in [-0.3, -0.25) is 29.4 Å². The summed E-state index contributed by atoms with van der Waals surface area (Å²) in [6, 6.07) is 11.1. The molecule has 2 atom stereocenters. The number of nitro benzene ring substituents is 1. The van der Waals surface area contributed by atoms with E-state index in [1.165, 1.54) is 12.1 Å². The minimum atomic E-state index is -0.479. The van der Waals surface area contributed by atoms with Crippen LogP contribution in [-0.4, -0.2) is 89.0 Å². The van der Waals surface area contributed by atoms with Crippen molar-refractivity contribution in [1.29, 1.82) is 0 Å². The van der Waals surface area contributed by atoms with Crippen molar-refractivity contribution in [2.24, 2.45) is 0 Å². The summed E-state index contributed by atoms with van der Waals surface area (Å²) in [5.74, 6) is -0.644. The van der Waals surface area contributed by atoms with Crippen molar-refractivity contribution in [3.05, 3.63) is 78.5 Å². The molecule has 13 heteroatoms. The monoisotopic (exact) mass is 680 g/mol. The number of hydrogen-bond acceptors (Lipinski definition) is 8. The molecule has 45 heavy (non-hydrogen) atoms. The van der Waals surface area contributed by atoms with Crippen LogP contribution in [0.1, 0.15) is 59.2 Å². The number of H-pyrrole nitrogens is 1. The Morgan fingerprint density at radius 2 is 1.67 bits per heavy atom. The Kier molecular flexibility index (Phi) is 9.47. The van der Waals surface area contributed by atoms with Gasteiger partial charge >= 0.3 is 0 Å². The van der Waals surface area contributed by atoms with E-state index in [9.17, 15) is 24.5 Å². The number of aromatic amines is 1. The molecule has 1 saturated carbocycles. The molecule has 3 heterocycles. The fraction of sp³-hybridized carbons (Fsp3) is 0.469. The zero-order valence-electron chi connectivity index (χ0n) is 24.9. The molecule has 1 aromatic heterocycles. The first-order valence-corrected chi connectivity index (χ1v) is 16.4. The third-order valence-corrected chi connectivity index (χ3v) is 9.69. The number of rotatable bonds is 7. The fourth-order valence-electron chi connectivity index (χ4n) is 6.90. The molecule has 0 radical (unpaired) electrons. The highest BCUT2D eigenvalue weighted by Gasteiger charge is 2.34. The molecule has 1 aliphatic carbocycles. The summed E-state index contributed by atoms with van der Waals surface area (Å²) in [6.07, 6.45) is 4.68. The number of carbonyl (C=O) groups is 2. The second kappa shape index (κ2) is 13.7. The van der Waals surface area contributed by atoms with Crippen LogP contribution < -0.4 is 16.2 Å². The maximum Gasteiger partial charge on any atom is 0.294 e. The molecule has 3 N–H and O–H groups in total. The van der Waals surface area contributed by atoms with Crippen LogP contribution in [0.4, 0.5) is 11.4 Å². The molecular weight excluding hydrogens is 644 g/mol. The van der Waals surface area contributed by atoms with E-state index < -0.39 is 4.92 Å². The van der Waals surface area contributed by atoms with Crippen LogP contribution in [0.3, 0.4) is 0 Å². The molecule has 2 aromatic carbocycles. The van der Waals surface area contributed by atoms with Gasteiger partial charge in [-0.05, 0) is 37.8 Å². The van der Waals surface area contributed by atoms with Gasteiger partial charge in [0, 0.05) is 71.8 Å². The van der Waals surface area contributed by atoms with Crippen LogP contribution >= 0.6 is 15.9 Å². The lowest BCUT2D eigenvalue weighted by Gasteiger charge is -2.40. The van der Waals surface area contributed by atoms with Crippen molar-refractivity contribution in [2.45, 2.75) is 56.7 Å². The SMILES string of the molecule is O=C(N[C@H]1CCCC[C@H]1Nc1c(C(=O)N2CCC(N3CCOCC3)CC2)cc(Br)cc1[N+](=O)[O-])c1cc(=O)[nH]c2ccccc12. The maximum absolute atomic E-state index is 14.0. The summed E-state index contributed by atoms with van der Waals surface area (Å²) in [7, 11) is 0. The predicted molar refractivity (Wildman–Crippen MR) is 174 cm³/mol. The number of halogens is 1. The first-order valence-electron chi connectivity index (χ1n) is 15.6. The first-order chi connectivity index (χ1) is 21.8. The number of hydrogen-bond donors (Lipinski definition) is 3. The number of anilines is 1. The highest BCUT2D eigenvalue weighted by molar-refractivity contribution is 9.10. The Labute approximate surface area is 268 Å². The van der Waals surface area contributed by atoms with Gasteiger partial charge in [0.1, 0.15) is 5.69 Å². The number of nitro groups is 1. The summed E-state index contributed by atoms with van der Waals surface area (Å²) >= 11 is 3.38. The van der Waals surface area contributed by atoms with Crippen molar-refractivity contribution in [1.82, 2.24) is 20.1 Å². The van der Waals surface area contributed by atoms with Crippen molar-refractivity contribution in [3.63, 3.8) is 0 Å². The molecule has 2 amide bonds. The van der Waals surface area contributed by atoms with Gasteiger partial charge in [-0.25, -0.2) is 0 Å². The molecule has 0 spiro atoms. The Morgan fingerprint density at radius 3 is 2.40 bits per heavy atom. The van der Waals surface area contributed by atoms with Crippen LogP contribution in [0.2, 0.25) is 0 Å². The van der Waals surface area contributed by atoms with E-state index in [-0.39, 0.29) is 52.0 Å². The average Bonchev–Trinajstić information content (AvgIpc) is 3.05. The number of benzene rings is 2. The minimum absolute atomic E-state index is 0.163. The number of carbonyl (C=O) groups excluding carboxylic acids is 2. The van der Waals surface area contributed by atoms with Gasteiger partial charge in [-0.15, -0.1) is 0 Å². The zero-order chi connectivity index (χ0) is 31.5. The third-order valence-electron chi connectivity index (χ3n) is 9.23. The maximum atomic E-state index is 14.0. The van der Waals surface area contributed by atoms with Crippen LogP contribution in [0.25, 0.3) is 10.9 Å². The van der Waals surface area contributed by atoms with Crippen LogP contribution in [0.15, 0.2) is 51.7 Å². The Bertz CT molecular complexity index is 1650. The lowest BCUT2D eigenvalue weighted by molar-refractivity contribution is -0.384. The molecule has 2 aliphatic heterocycles. The molecule has 3 aliphatic rings. The molecule has 0 unspecified atom stereocenters. The normalized spacial score (nSPS) is 21.4. The van der Waals surface area contributed by atoms with E-state index in [1.54, 1.807) is 35.2 Å². The second-order valence-electron chi connectivity index (χ2n) is 12.0. The van der Waals surface area contributed by atoms with Crippen LogP contribution in [0.5, 0.6) is 0 Å². The van der Waals surface area contributed by atoms with Crippen molar-refractivity contribution in [2.75, 3.05) is 44.7 Å². The highest BCUT2D eigenvalue weighted by Crippen LogP contribution is 2.36. The van der Waals surface area contributed by atoms with Gasteiger partial charge in [0.15, 0.2) is 0 Å². The smallest absolute Gasteiger partial charge is 0.294 e. The van der Waals surface area contributed by atoms with Gasteiger partial charge in [0.25, 0.3) is 17.5 Å². The van der Waals surface area contributed by atoms with Gasteiger partial charge in [-0.1, -0.05) is 47.0 Å². The molecule has 3 fully saturated rings. The van der Waals surface area contributed by atoms with E-state index in [2.05, 4.69) is 36.4 Å². The van der Waals surface area contributed by atoms with Gasteiger partial charge < -0.3 is 25.3 Å². The lowest BCUT2D eigenvalue weighted by atomic mass is 9.89. The molecular formula is C32H37BrN6O6. The third kappa shape index (κ3) is 6.90. The number of piperidine rings is 1.